The van der Waals surface area contributed by atoms with E-state index in [1.165, 1.54) is 0 Å². The zero-order chi connectivity index (χ0) is 13.1. The van der Waals surface area contributed by atoms with Crippen molar-refractivity contribution >= 4 is 0 Å². The molecule has 18 heavy (non-hydrogen) atoms. The third-order valence-corrected chi connectivity index (χ3v) is 3.26. The van der Waals surface area contributed by atoms with Gasteiger partial charge in [0.1, 0.15) is 5.82 Å². The molecule has 2 atom stereocenters. The van der Waals surface area contributed by atoms with E-state index in [1.54, 1.807) is 7.05 Å². The van der Waals surface area contributed by atoms with Gasteiger partial charge >= 0.3 is 0 Å². The summed E-state index contributed by atoms with van der Waals surface area (Å²) in [5.74, 6) is -2.88. The highest BCUT2D eigenvalue weighted by molar-refractivity contribution is 5.23. The van der Waals surface area contributed by atoms with Gasteiger partial charge in [0.2, 0.25) is 0 Å². The number of rotatable bonds is 3. The first-order valence-electron chi connectivity index (χ1n) is 6.04. The van der Waals surface area contributed by atoms with Crippen molar-refractivity contribution in [2.75, 3.05) is 20.2 Å². The fraction of sp³-hybridized carbons (Fsp3) is 0.538. The van der Waals surface area contributed by atoms with Crippen LogP contribution in [0, 0.1) is 23.4 Å². The Bertz CT molecular complexity index is 423. The topological polar surface area (TPSA) is 21.3 Å². The fourth-order valence-corrected chi connectivity index (χ4v) is 2.41. The molecule has 1 aliphatic heterocycles. The summed E-state index contributed by atoms with van der Waals surface area (Å²) in [6.07, 6.45) is 1.26. The van der Waals surface area contributed by atoms with E-state index in [9.17, 15) is 13.2 Å². The quantitative estimate of drug-likeness (QED) is 0.843. The molecular formula is C13H16F3NO. The largest absolute Gasteiger partial charge is 0.373 e. The molecule has 0 amide bonds. The predicted molar refractivity (Wildman–Crippen MR) is 61.7 cm³/mol. The van der Waals surface area contributed by atoms with E-state index in [2.05, 4.69) is 5.32 Å². The lowest BCUT2D eigenvalue weighted by Crippen LogP contribution is -2.31. The minimum atomic E-state index is -1.17. The van der Waals surface area contributed by atoms with E-state index in [0.717, 1.165) is 18.9 Å². The second kappa shape index (κ2) is 5.71. The summed E-state index contributed by atoms with van der Waals surface area (Å²) >= 11 is 0. The van der Waals surface area contributed by atoms with E-state index in [-0.39, 0.29) is 11.5 Å². The molecule has 1 heterocycles. The summed E-state index contributed by atoms with van der Waals surface area (Å²) in [5, 5.41) is 3.01. The van der Waals surface area contributed by atoms with Crippen LogP contribution in [0.3, 0.4) is 0 Å². The zero-order valence-electron chi connectivity index (χ0n) is 10.2. The molecule has 2 unspecified atom stereocenters. The summed E-state index contributed by atoms with van der Waals surface area (Å²) in [6, 6.07) is 1.49. The van der Waals surface area contributed by atoms with Gasteiger partial charge < -0.3 is 10.1 Å². The van der Waals surface area contributed by atoms with E-state index >= 15 is 0 Å². The molecule has 0 radical (unpaired) electrons. The normalized spacial score (nSPS) is 24.2. The second-order valence-corrected chi connectivity index (χ2v) is 4.54. The van der Waals surface area contributed by atoms with Crippen LogP contribution >= 0.6 is 0 Å². The third-order valence-electron chi connectivity index (χ3n) is 3.26. The molecule has 100 valence electrons. The van der Waals surface area contributed by atoms with Gasteiger partial charge in [0, 0.05) is 30.7 Å². The fourth-order valence-electron chi connectivity index (χ4n) is 2.41. The summed E-state index contributed by atoms with van der Waals surface area (Å²) in [6.45, 7) is 1.17. The molecule has 0 saturated carbocycles. The molecule has 2 rings (SSSR count). The molecule has 1 aromatic rings. The van der Waals surface area contributed by atoms with Crippen molar-refractivity contribution in [1.29, 1.82) is 0 Å². The number of hydrogen-bond acceptors (Lipinski definition) is 2. The Kier molecular flexibility index (Phi) is 4.24. The van der Waals surface area contributed by atoms with Gasteiger partial charge in [0.25, 0.3) is 0 Å². The Morgan fingerprint density at radius 3 is 2.67 bits per heavy atom. The number of hydrogen-bond donors (Lipinski definition) is 1. The van der Waals surface area contributed by atoms with E-state index in [1.807, 2.05) is 0 Å². The van der Waals surface area contributed by atoms with Crippen LogP contribution in [0.4, 0.5) is 13.2 Å². The van der Waals surface area contributed by atoms with Gasteiger partial charge in [-0.15, -0.1) is 0 Å². The summed E-state index contributed by atoms with van der Waals surface area (Å²) < 4.78 is 45.4. The van der Waals surface area contributed by atoms with Crippen molar-refractivity contribution in [3.05, 3.63) is 35.1 Å². The third kappa shape index (κ3) is 2.67. The van der Waals surface area contributed by atoms with Gasteiger partial charge in [0.15, 0.2) is 11.6 Å². The maximum atomic E-state index is 13.7. The number of nitrogens with one attached hydrogen (secondary N) is 1. The molecule has 0 spiro atoms. The van der Waals surface area contributed by atoms with Gasteiger partial charge in [-0.3, -0.25) is 0 Å². The molecule has 1 aromatic carbocycles. The summed E-state index contributed by atoms with van der Waals surface area (Å²) in [4.78, 5) is 0. The van der Waals surface area contributed by atoms with Gasteiger partial charge in [-0.05, 0) is 26.0 Å². The molecule has 1 fully saturated rings. The summed E-state index contributed by atoms with van der Waals surface area (Å²) in [5.41, 5.74) is 0.105. The van der Waals surface area contributed by atoms with Crippen LogP contribution in [0.5, 0.6) is 0 Å². The highest BCUT2D eigenvalue weighted by atomic mass is 19.2. The molecule has 1 saturated heterocycles. The molecule has 2 nitrogen and oxygen atoms in total. The maximum Gasteiger partial charge on any atom is 0.161 e. The monoisotopic (exact) mass is 259 g/mol. The molecule has 0 bridgehead atoms. The second-order valence-electron chi connectivity index (χ2n) is 4.54. The first kappa shape index (κ1) is 13.4. The van der Waals surface area contributed by atoms with Gasteiger partial charge in [0.05, 0.1) is 6.10 Å². The molecule has 0 aromatic heterocycles. The zero-order valence-corrected chi connectivity index (χ0v) is 10.2. The van der Waals surface area contributed by atoms with Gasteiger partial charge in [-0.2, -0.15) is 0 Å². The van der Waals surface area contributed by atoms with Crippen molar-refractivity contribution in [2.24, 2.45) is 5.92 Å². The van der Waals surface area contributed by atoms with Crippen molar-refractivity contribution in [1.82, 2.24) is 5.32 Å². The SMILES string of the molecule is CNCC1CCCOC1c1cc(F)c(F)cc1F. The highest BCUT2D eigenvalue weighted by Crippen LogP contribution is 2.35. The average molecular weight is 259 g/mol. The van der Waals surface area contributed by atoms with Crippen LogP contribution < -0.4 is 5.32 Å². The molecule has 1 N–H and O–H groups in total. The number of ether oxygens (including phenoxy) is 1. The van der Waals surface area contributed by atoms with Crippen LogP contribution in [0.15, 0.2) is 12.1 Å². The number of benzene rings is 1. The smallest absolute Gasteiger partial charge is 0.161 e. The first-order chi connectivity index (χ1) is 8.63. The maximum absolute atomic E-state index is 13.7. The van der Waals surface area contributed by atoms with E-state index in [0.29, 0.717) is 19.2 Å². The van der Waals surface area contributed by atoms with Crippen LogP contribution in [0.2, 0.25) is 0 Å². The Morgan fingerprint density at radius 2 is 1.94 bits per heavy atom. The van der Waals surface area contributed by atoms with Crippen molar-refractivity contribution < 1.29 is 17.9 Å². The van der Waals surface area contributed by atoms with Crippen molar-refractivity contribution in [3.63, 3.8) is 0 Å². The lowest BCUT2D eigenvalue weighted by Gasteiger charge is -2.32. The minimum Gasteiger partial charge on any atom is -0.373 e. The van der Waals surface area contributed by atoms with Crippen LogP contribution in [-0.4, -0.2) is 20.2 Å². The number of halogens is 3. The molecular weight excluding hydrogens is 243 g/mol. The Balaban J connectivity index is 2.30. The Hall–Kier alpha value is -1.07. The molecule has 0 aliphatic carbocycles. The summed E-state index contributed by atoms with van der Waals surface area (Å²) in [7, 11) is 1.80. The molecule has 5 heteroatoms. The standard InChI is InChI=1S/C13H16F3NO/c1-17-7-8-3-2-4-18-13(8)9-5-11(15)12(16)6-10(9)14/h5-6,8,13,17H,2-4,7H2,1H3. The highest BCUT2D eigenvalue weighted by Gasteiger charge is 2.30. The molecule has 1 aliphatic rings. The predicted octanol–water partition coefficient (Wildman–Crippen LogP) is 2.79. The Labute approximate surface area is 104 Å². The van der Waals surface area contributed by atoms with E-state index in [4.69, 9.17) is 4.74 Å². The average Bonchev–Trinajstić information content (AvgIpc) is 2.35. The van der Waals surface area contributed by atoms with Gasteiger partial charge in [-0.1, -0.05) is 0 Å². The van der Waals surface area contributed by atoms with E-state index < -0.39 is 23.6 Å². The van der Waals surface area contributed by atoms with Crippen LogP contribution in [0.25, 0.3) is 0 Å². The van der Waals surface area contributed by atoms with Crippen LogP contribution in [-0.2, 0) is 4.74 Å². The minimum absolute atomic E-state index is 0.0723. The van der Waals surface area contributed by atoms with Gasteiger partial charge in [-0.25, -0.2) is 13.2 Å². The Morgan fingerprint density at radius 1 is 1.22 bits per heavy atom. The lowest BCUT2D eigenvalue weighted by atomic mass is 9.89. The van der Waals surface area contributed by atoms with Crippen molar-refractivity contribution in [3.8, 4) is 0 Å². The lowest BCUT2D eigenvalue weighted by molar-refractivity contribution is -0.0293. The first-order valence-corrected chi connectivity index (χ1v) is 6.04. The van der Waals surface area contributed by atoms with Crippen LogP contribution in [0.1, 0.15) is 24.5 Å². The van der Waals surface area contributed by atoms with Crippen molar-refractivity contribution in [2.45, 2.75) is 18.9 Å².